The van der Waals surface area contributed by atoms with Crippen molar-refractivity contribution in [2.75, 3.05) is 14.2 Å². The molecule has 32 heavy (non-hydrogen) atoms. The van der Waals surface area contributed by atoms with Gasteiger partial charge in [-0.3, -0.25) is 14.8 Å². The Morgan fingerprint density at radius 3 is 2.47 bits per heavy atom. The van der Waals surface area contributed by atoms with Crippen molar-refractivity contribution < 1.29 is 23.5 Å². The van der Waals surface area contributed by atoms with E-state index in [1.54, 1.807) is 30.3 Å². The van der Waals surface area contributed by atoms with Crippen molar-refractivity contribution in [1.82, 2.24) is 15.0 Å². The van der Waals surface area contributed by atoms with Crippen LogP contribution in [0.5, 0.6) is 11.5 Å². The van der Waals surface area contributed by atoms with Crippen LogP contribution in [0.1, 0.15) is 10.4 Å². The zero-order valence-electron chi connectivity index (χ0n) is 17.2. The molecule has 1 aromatic heterocycles. The summed E-state index contributed by atoms with van der Waals surface area (Å²) in [7, 11) is 2.97. The number of hydrogen-bond acceptors (Lipinski definition) is 7. The molecule has 4 rings (SSSR count). The Labute approximate surface area is 188 Å². The average molecular weight is 449 g/mol. The number of ether oxygens (including phenoxy) is 2. The number of imide groups is 1. The fourth-order valence-corrected chi connectivity index (χ4v) is 3.53. The molecule has 8 nitrogen and oxygen atoms in total. The van der Waals surface area contributed by atoms with Gasteiger partial charge >= 0.3 is 6.03 Å². The van der Waals surface area contributed by atoms with E-state index in [-0.39, 0.29) is 5.56 Å². The number of carbonyl (C=O) groups excluding carboxylic acids is 2. The molecule has 0 atom stereocenters. The second-order valence-corrected chi connectivity index (χ2v) is 7.45. The van der Waals surface area contributed by atoms with Crippen molar-refractivity contribution in [2.24, 2.45) is 0 Å². The van der Waals surface area contributed by atoms with E-state index in [9.17, 15) is 9.59 Å². The number of oxazole rings is 1. The van der Waals surface area contributed by atoms with E-state index < -0.39 is 11.9 Å². The Morgan fingerprint density at radius 2 is 1.72 bits per heavy atom. The number of nitrogens with one attached hydrogen (secondary N) is 2. The summed E-state index contributed by atoms with van der Waals surface area (Å²) in [6.45, 7) is 0. The molecule has 9 heteroatoms. The molecule has 162 valence electrons. The highest BCUT2D eigenvalue weighted by molar-refractivity contribution is 7.98. The van der Waals surface area contributed by atoms with E-state index in [2.05, 4.69) is 15.0 Å². The van der Waals surface area contributed by atoms with Crippen molar-refractivity contribution in [1.29, 1.82) is 0 Å². The first-order valence-corrected chi connectivity index (χ1v) is 10.3. The smallest absolute Gasteiger partial charge is 0.331 e. The van der Waals surface area contributed by atoms with Crippen molar-refractivity contribution in [3.8, 4) is 23.0 Å². The Bertz CT molecular complexity index is 1270. The van der Waals surface area contributed by atoms with E-state index in [1.807, 2.05) is 30.3 Å². The average Bonchev–Trinajstić information content (AvgIpc) is 3.26. The fraction of sp³-hybridized carbons (Fsp3) is 0.0870. The highest BCUT2D eigenvalue weighted by Gasteiger charge is 2.14. The predicted molar refractivity (Wildman–Crippen MR) is 121 cm³/mol. The third-order valence-corrected chi connectivity index (χ3v) is 5.29. The molecule has 1 heterocycles. The second-order valence-electron chi connectivity index (χ2n) is 6.57. The summed E-state index contributed by atoms with van der Waals surface area (Å²) in [5.74, 6) is 0.839. The van der Waals surface area contributed by atoms with Crippen LogP contribution in [0.2, 0.25) is 0 Å². The number of fused-ring (bicyclic) bond motifs is 1. The third kappa shape index (κ3) is 4.68. The van der Waals surface area contributed by atoms with Crippen LogP contribution >= 0.6 is 11.9 Å². The number of hydrogen-bond donors (Lipinski definition) is 2. The summed E-state index contributed by atoms with van der Waals surface area (Å²) < 4.78 is 18.7. The molecule has 3 aromatic carbocycles. The largest absolute Gasteiger partial charge is 0.493 e. The van der Waals surface area contributed by atoms with Crippen molar-refractivity contribution in [2.45, 2.75) is 4.90 Å². The molecule has 3 amide bonds. The summed E-state index contributed by atoms with van der Waals surface area (Å²) in [6.07, 6.45) is 0. The number of rotatable bonds is 6. The number of carbonyl (C=O) groups is 2. The van der Waals surface area contributed by atoms with Gasteiger partial charge in [0.05, 0.1) is 14.2 Å². The van der Waals surface area contributed by atoms with Gasteiger partial charge in [0.15, 0.2) is 17.1 Å². The van der Waals surface area contributed by atoms with Gasteiger partial charge in [0.2, 0.25) is 5.89 Å². The first kappa shape index (κ1) is 21.3. The maximum absolute atomic E-state index is 12.3. The van der Waals surface area contributed by atoms with E-state index in [0.717, 1.165) is 22.4 Å². The van der Waals surface area contributed by atoms with Gasteiger partial charge in [0.1, 0.15) is 5.52 Å². The summed E-state index contributed by atoms with van der Waals surface area (Å²) in [5.41, 5.74) is 2.45. The molecule has 0 saturated carbocycles. The van der Waals surface area contributed by atoms with Gasteiger partial charge in [-0.1, -0.05) is 18.2 Å². The molecule has 0 saturated heterocycles. The lowest BCUT2D eigenvalue weighted by Crippen LogP contribution is -2.36. The van der Waals surface area contributed by atoms with Crippen LogP contribution in [0.15, 0.2) is 76.0 Å². The van der Waals surface area contributed by atoms with Crippen LogP contribution in [-0.2, 0) is 0 Å². The molecule has 4 aromatic rings. The third-order valence-electron chi connectivity index (χ3n) is 4.51. The molecule has 0 aliphatic rings. The summed E-state index contributed by atoms with van der Waals surface area (Å²) >= 11 is 1.06. The Kier molecular flexibility index (Phi) is 6.27. The minimum Gasteiger partial charge on any atom is -0.493 e. The Hall–Kier alpha value is -3.98. The zero-order valence-corrected chi connectivity index (χ0v) is 18.1. The van der Waals surface area contributed by atoms with E-state index >= 15 is 0 Å². The van der Waals surface area contributed by atoms with Gasteiger partial charge in [-0.25, -0.2) is 9.78 Å². The number of aromatic nitrogens is 1. The first-order chi connectivity index (χ1) is 15.6. The van der Waals surface area contributed by atoms with Crippen LogP contribution in [0.4, 0.5) is 4.79 Å². The van der Waals surface area contributed by atoms with Crippen LogP contribution in [0.25, 0.3) is 22.6 Å². The lowest BCUT2D eigenvalue weighted by molar-refractivity contribution is 0.0965. The molecule has 0 bridgehead atoms. The molecule has 0 fully saturated rings. The zero-order chi connectivity index (χ0) is 22.5. The van der Waals surface area contributed by atoms with Gasteiger partial charge in [0.25, 0.3) is 5.91 Å². The normalized spacial score (nSPS) is 10.6. The lowest BCUT2D eigenvalue weighted by atomic mass is 10.2. The fourth-order valence-electron chi connectivity index (χ4n) is 2.96. The molecule has 0 unspecified atom stereocenters. The number of benzene rings is 3. The van der Waals surface area contributed by atoms with E-state index in [1.165, 1.54) is 20.3 Å². The predicted octanol–water partition coefficient (Wildman–Crippen LogP) is 4.66. The van der Waals surface area contributed by atoms with Crippen LogP contribution in [0, 0.1) is 0 Å². The number of methoxy groups -OCH3 is 2. The van der Waals surface area contributed by atoms with Gasteiger partial charge in [-0.05, 0) is 60.5 Å². The maximum Gasteiger partial charge on any atom is 0.331 e. The van der Waals surface area contributed by atoms with Crippen LogP contribution in [0.3, 0.4) is 0 Å². The van der Waals surface area contributed by atoms with E-state index in [0.29, 0.717) is 28.5 Å². The number of nitrogens with zero attached hydrogens (tertiary/aromatic N) is 1. The summed E-state index contributed by atoms with van der Waals surface area (Å²) in [5, 5.41) is 2.28. The number of amides is 3. The molecule has 0 radical (unpaired) electrons. The molecular formula is C23H19N3O5S. The minimum absolute atomic E-state index is 0.264. The van der Waals surface area contributed by atoms with Gasteiger partial charge < -0.3 is 13.9 Å². The van der Waals surface area contributed by atoms with Crippen molar-refractivity contribution in [3.05, 3.63) is 72.3 Å². The highest BCUT2D eigenvalue weighted by atomic mass is 32.2. The number of urea groups is 1. The van der Waals surface area contributed by atoms with Crippen LogP contribution < -0.4 is 19.5 Å². The van der Waals surface area contributed by atoms with Gasteiger partial charge in [-0.15, -0.1) is 0 Å². The minimum atomic E-state index is -0.653. The molecular weight excluding hydrogens is 430 g/mol. The molecule has 2 N–H and O–H groups in total. The second kappa shape index (κ2) is 9.44. The Balaban J connectivity index is 1.39. The lowest BCUT2D eigenvalue weighted by Gasteiger charge is -2.10. The SMILES string of the molecule is COc1ccc(C(=O)NC(=O)NSc2ccc3oc(-c4ccccc4)nc3c2)cc1OC. The topological polar surface area (TPSA) is 103 Å². The quantitative estimate of drug-likeness (QED) is 0.413. The molecule has 0 aliphatic heterocycles. The highest BCUT2D eigenvalue weighted by Crippen LogP contribution is 2.28. The standard InChI is InChI=1S/C23H19N3O5S/c1-29-19-10-8-15(12-20(19)30-2)21(27)25-23(28)26-32-16-9-11-18-17(13-16)24-22(31-18)14-6-4-3-5-7-14/h3-13H,1-2H3,(H2,25,26,27,28). The van der Waals surface area contributed by atoms with Gasteiger partial charge in [0, 0.05) is 16.0 Å². The summed E-state index contributed by atoms with van der Waals surface area (Å²) in [4.78, 5) is 29.8. The molecule has 0 spiro atoms. The van der Waals surface area contributed by atoms with Crippen molar-refractivity contribution in [3.63, 3.8) is 0 Å². The van der Waals surface area contributed by atoms with E-state index in [4.69, 9.17) is 13.9 Å². The van der Waals surface area contributed by atoms with Crippen LogP contribution in [-0.4, -0.2) is 31.1 Å². The van der Waals surface area contributed by atoms with Gasteiger partial charge in [-0.2, -0.15) is 0 Å². The Morgan fingerprint density at radius 1 is 0.938 bits per heavy atom. The first-order valence-electron chi connectivity index (χ1n) is 9.53. The monoisotopic (exact) mass is 449 g/mol. The van der Waals surface area contributed by atoms with Crippen molar-refractivity contribution >= 4 is 35.0 Å². The maximum atomic E-state index is 12.3. The molecule has 0 aliphatic carbocycles. The summed E-state index contributed by atoms with van der Waals surface area (Å²) in [6, 6.07) is 18.9.